The van der Waals surface area contributed by atoms with Gasteiger partial charge in [-0.2, -0.15) is 5.10 Å². The van der Waals surface area contributed by atoms with Crippen LogP contribution in [0.15, 0.2) is 34.5 Å². The molecule has 31 heavy (non-hydrogen) atoms. The molecule has 0 amide bonds. The SMILES string of the molecule is CC(Oc1ccc2ncc3c(c2c1)CCOC3)/C(C=NC12CC(C)(C1)OC2CO)=N/N. The lowest BCUT2D eigenvalue weighted by Gasteiger charge is -2.40. The zero-order valence-corrected chi connectivity index (χ0v) is 17.9. The summed E-state index contributed by atoms with van der Waals surface area (Å²) in [6.45, 7) is 5.22. The number of pyridine rings is 1. The van der Waals surface area contributed by atoms with Crippen molar-refractivity contribution >= 4 is 22.8 Å². The molecule has 164 valence electrons. The summed E-state index contributed by atoms with van der Waals surface area (Å²) < 4.78 is 17.6. The average molecular weight is 425 g/mol. The monoisotopic (exact) mass is 424 g/mol. The molecule has 8 nitrogen and oxygen atoms in total. The summed E-state index contributed by atoms with van der Waals surface area (Å²) in [7, 11) is 0. The molecule has 3 aliphatic heterocycles. The molecule has 1 aromatic heterocycles. The third-order valence-corrected chi connectivity index (χ3v) is 6.68. The number of nitrogens with zero attached hydrogens (tertiary/aromatic N) is 3. The summed E-state index contributed by atoms with van der Waals surface area (Å²) in [5.41, 5.74) is 3.30. The van der Waals surface area contributed by atoms with Crippen LogP contribution in [0.25, 0.3) is 10.9 Å². The van der Waals surface area contributed by atoms with Crippen molar-refractivity contribution in [3.63, 3.8) is 0 Å². The van der Waals surface area contributed by atoms with E-state index < -0.39 is 5.54 Å². The van der Waals surface area contributed by atoms with E-state index in [9.17, 15) is 5.11 Å². The fourth-order valence-corrected chi connectivity index (χ4v) is 5.21. The van der Waals surface area contributed by atoms with E-state index in [4.69, 9.17) is 25.0 Å². The van der Waals surface area contributed by atoms with Crippen LogP contribution in [0.2, 0.25) is 0 Å². The molecule has 1 aromatic carbocycles. The Morgan fingerprint density at radius 1 is 1.45 bits per heavy atom. The van der Waals surface area contributed by atoms with Gasteiger partial charge < -0.3 is 25.2 Å². The fraction of sp³-hybridized carbons (Fsp3) is 0.522. The zero-order chi connectivity index (χ0) is 21.6. The second-order valence-corrected chi connectivity index (χ2v) is 9.01. The maximum atomic E-state index is 9.65. The minimum absolute atomic E-state index is 0.0471. The van der Waals surface area contributed by atoms with Crippen molar-refractivity contribution in [1.29, 1.82) is 0 Å². The highest BCUT2D eigenvalue weighted by atomic mass is 16.5. The number of aliphatic hydroxyl groups is 1. The number of hydrogen-bond donors (Lipinski definition) is 2. The number of fused-ring (bicyclic) bond motifs is 4. The second kappa shape index (κ2) is 7.55. The van der Waals surface area contributed by atoms with E-state index in [0.717, 1.165) is 41.5 Å². The maximum absolute atomic E-state index is 9.65. The first kappa shape index (κ1) is 20.4. The zero-order valence-electron chi connectivity index (χ0n) is 17.9. The van der Waals surface area contributed by atoms with Gasteiger partial charge in [0, 0.05) is 30.6 Å². The van der Waals surface area contributed by atoms with E-state index in [-0.39, 0.29) is 24.4 Å². The molecule has 2 unspecified atom stereocenters. The van der Waals surface area contributed by atoms with E-state index in [1.807, 2.05) is 31.3 Å². The molecule has 3 N–H and O–H groups in total. The van der Waals surface area contributed by atoms with Gasteiger partial charge in [0.25, 0.3) is 0 Å². The van der Waals surface area contributed by atoms with Gasteiger partial charge in [-0.25, -0.2) is 0 Å². The van der Waals surface area contributed by atoms with Gasteiger partial charge in [-0.15, -0.1) is 0 Å². The minimum atomic E-state index is -0.394. The highest BCUT2D eigenvalue weighted by molar-refractivity contribution is 6.32. The molecule has 8 heteroatoms. The van der Waals surface area contributed by atoms with Gasteiger partial charge in [-0.1, -0.05) is 0 Å². The molecule has 3 fully saturated rings. The summed E-state index contributed by atoms with van der Waals surface area (Å²) in [5, 5.41) is 14.6. The second-order valence-electron chi connectivity index (χ2n) is 9.01. The number of rotatable bonds is 6. The first-order valence-corrected chi connectivity index (χ1v) is 10.7. The lowest BCUT2D eigenvalue weighted by atomic mass is 9.67. The van der Waals surface area contributed by atoms with Gasteiger partial charge in [-0.05, 0) is 49.6 Å². The van der Waals surface area contributed by atoms with Crippen molar-refractivity contribution in [1.82, 2.24) is 4.98 Å². The predicted octanol–water partition coefficient (Wildman–Crippen LogP) is 2.14. The molecule has 2 saturated heterocycles. The van der Waals surface area contributed by atoms with Crippen LogP contribution in [0.3, 0.4) is 0 Å². The molecule has 4 heterocycles. The Morgan fingerprint density at radius 2 is 2.29 bits per heavy atom. The lowest BCUT2D eigenvalue weighted by Crippen LogP contribution is -2.49. The number of nitrogens with two attached hydrogens (primary N) is 1. The lowest BCUT2D eigenvalue weighted by molar-refractivity contribution is -0.0232. The van der Waals surface area contributed by atoms with Crippen molar-refractivity contribution in [2.75, 3.05) is 13.2 Å². The van der Waals surface area contributed by atoms with E-state index in [1.165, 1.54) is 5.56 Å². The van der Waals surface area contributed by atoms with Crippen molar-refractivity contribution in [3.8, 4) is 5.75 Å². The molecule has 0 spiro atoms. The molecule has 1 saturated carbocycles. The van der Waals surface area contributed by atoms with Crippen LogP contribution >= 0.6 is 0 Å². The summed E-state index contributed by atoms with van der Waals surface area (Å²) in [4.78, 5) is 9.28. The minimum Gasteiger partial charge on any atom is -0.484 e. The number of hydrogen-bond acceptors (Lipinski definition) is 8. The number of aromatic nitrogens is 1. The van der Waals surface area contributed by atoms with Crippen LogP contribution in [0.5, 0.6) is 5.75 Å². The molecule has 0 radical (unpaired) electrons. The maximum Gasteiger partial charge on any atom is 0.141 e. The van der Waals surface area contributed by atoms with Crippen LogP contribution in [-0.2, 0) is 22.5 Å². The Bertz CT molecular complexity index is 1060. The van der Waals surface area contributed by atoms with Crippen LogP contribution in [0.4, 0.5) is 0 Å². The molecule has 2 aromatic rings. The van der Waals surface area contributed by atoms with E-state index in [2.05, 4.69) is 17.0 Å². The molecular weight excluding hydrogens is 396 g/mol. The first-order valence-electron chi connectivity index (χ1n) is 10.7. The Hall–Kier alpha value is -2.55. The molecule has 2 bridgehead atoms. The quantitative estimate of drug-likeness (QED) is 0.418. The van der Waals surface area contributed by atoms with Crippen molar-refractivity contribution < 1.29 is 19.3 Å². The summed E-state index contributed by atoms with van der Waals surface area (Å²) >= 11 is 0. The summed E-state index contributed by atoms with van der Waals surface area (Å²) in [6, 6.07) is 5.90. The van der Waals surface area contributed by atoms with Crippen LogP contribution in [0, 0.1) is 0 Å². The third kappa shape index (κ3) is 3.48. The van der Waals surface area contributed by atoms with Gasteiger partial charge in [0.1, 0.15) is 23.7 Å². The summed E-state index contributed by atoms with van der Waals surface area (Å²) in [6.07, 6.45) is 5.34. The Labute approximate surface area is 181 Å². The standard InChI is InChI=1S/C23H28N4O4/c1-14(20(27-24)9-26-23-12-22(2,13-23)31-21(23)10-28)30-16-3-4-19-18(7-16)17-5-6-29-11-15(17)8-25-19/h3-4,7-9,14,21,28H,5-6,10-13,24H2,1-2H3/b26-9?,27-20+. The first-order chi connectivity index (χ1) is 15.0. The van der Waals surface area contributed by atoms with Crippen molar-refractivity contribution in [2.24, 2.45) is 15.9 Å². The smallest absolute Gasteiger partial charge is 0.141 e. The molecule has 2 atom stereocenters. The Morgan fingerprint density at radius 3 is 3.06 bits per heavy atom. The van der Waals surface area contributed by atoms with E-state index >= 15 is 0 Å². The fourth-order valence-electron chi connectivity index (χ4n) is 5.21. The highest BCUT2D eigenvalue weighted by Gasteiger charge is 2.65. The molecule has 1 aliphatic carbocycles. The molecule has 4 aliphatic rings. The third-order valence-electron chi connectivity index (χ3n) is 6.68. The van der Waals surface area contributed by atoms with Crippen LogP contribution < -0.4 is 10.6 Å². The number of aliphatic imine (C=N–C) groups is 1. The normalized spacial score (nSPS) is 30.9. The summed E-state index contributed by atoms with van der Waals surface area (Å²) in [5.74, 6) is 6.38. The Kier molecular flexibility index (Phi) is 4.96. The molecular formula is C23H28N4O4. The number of hydrazone groups is 1. The van der Waals surface area contributed by atoms with Crippen LogP contribution in [-0.4, -0.2) is 58.6 Å². The topological polar surface area (TPSA) is 112 Å². The van der Waals surface area contributed by atoms with Gasteiger partial charge in [0.15, 0.2) is 0 Å². The van der Waals surface area contributed by atoms with Crippen LogP contribution in [0.1, 0.15) is 37.8 Å². The van der Waals surface area contributed by atoms with E-state index in [1.54, 1.807) is 6.21 Å². The van der Waals surface area contributed by atoms with Gasteiger partial charge >= 0.3 is 0 Å². The van der Waals surface area contributed by atoms with Gasteiger partial charge in [0.05, 0.1) is 36.5 Å². The van der Waals surface area contributed by atoms with Crippen molar-refractivity contribution in [2.45, 2.75) is 63.1 Å². The highest BCUT2D eigenvalue weighted by Crippen LogP contribution is 2.57. The Balaban J connectivity index is 1.34. The van der Waals surface area contributed by atoms with E-state index in [0.29, 0.717) is 18.9 Å². The van der Waals surface area contributed by atoms with Gasteiger partial charge in [0.2, 0.25) is 0 Å². The predicted molar refractivity (Wildman–Crippen MR) is 118 cm³/mol. The van der Waals surface area contributed by atoms with Gasteiger partial charge in [-0.3, -0.25) is 9.98 Å². The average Bonchev–Trinajstić information content (AvgIpc) is 3.21. The number of ether oxygens (including phenoxy) is 3. The number of aliphatic hydroxyl groups excluding tert-OH is 1. The largest absolute Gasteiger partial charge is 0.484 e. The number of benzene rings is 1. The molecule has 6 rings (SSSR count). The van der Waals surface area contributed by atoms with Crippen molar-refractivity contribution in [3.05, 3.63) is 35.5 Å².